The summed E-state index contributed by atoms with van der Waals surface area (Å²) >= 11 is 1.23. The lowest BCUT2D eigenvalue weighted by Crippen LogP contribution is -2.14. The first-order valence-electron chi connectivity index (χ1n) is 6.06. The van der Waals surface area contributed by atoms with Gasteiger partial charge >= 0.3 is 0 Å². The second-order valence-electron chi connectivity index (χ2n) is 4.21. The van der Waals surface area contributed by atoms with Crippen LogP contribution in [-0.4, -0.2) is 11.7 Å². The highest BCUT2D eigenvalue weighted by Gasteiger charge is 2.07. The number of hydrogen-bond acceptors (Lipinski definition) is 4. The van der Waals surface area contributed by atoms with E-state index in [2.05, 4.69) is 5.32 Å². The number of nitrogens with two attached hydrogens (primary N) is 1. The third kappa shape index (κ3) is 4.23. The van der Waals surface area contributed by atoms with Gasteiger partial charge in [0.25, 0.3) is 0 Å². The van der Waals surface area contributed by atoms with Crippen molar-refractivity contribution in [2.24, 2.45) is 0 Å². The number of nitrogens with zero attached hydrogens (tertiary/aromatic N) is 1. The Hall–Kier alpha value is -2.52. The summed E-state index contributed by atoms with van der Waals surface area (Å²) in [6.45, 7) is 0. The molecular weight excluding hydrogens is 289 g/mol. The van der Waals surface area contributed by atoms with Crippen molar-refractivity contribution in [1.82, 2.24) is 0 Å². The molecule has 0 saturated carbocycles. The average Bonchev–Trinajstić information content (AvgIpc) is 2.47. The molecule has 0 unspecified atom stereocenters. The predicted molar refractivity (Wildman–Crippen MR) is 81.3 cm³/mol. The standard InChI is InChI=1S/C15H12FN3OS/c16-11-3-6-14(13(18)7-11)21-9-15(20)19-12-4-1-10(8-17)2-5-12/h1-7H,9,18H2,(H,19,20). The number of hydrogen-bond donors (Lipinski definition) is 2. The first-order chi connectivity index (χ1) is 10.1. The smallest absolute Gasteiger partial charge is 0.234 e. The van der Waals surface area contributed by atoms with E-state index >= 15 is 0 Å². The Labute approximate surface area is 125 Å². The van der Waals surface area contributed by atoms with Gasteiger partial charge in [0.05, 0.1) is 17.4 Å². The minimum Gasteiger partial charge on any atom is -0.398 e. The Morgan fingerprint density at radius 1 is 1.29 bits per heavy atom. The van der Waals surface area contributed by atoms with Crippen LogP contribution in [-0.2, 0) is 4.79 Å². The summed E-state index contributed by atoms with van der Waals surface area (Å²) in [5.74, 6) is -0.442. The molecule has 0 heterocycles. The zero-order chi connectivity index (χ0) is 15.2. The van der Waals surface area contributed by atoms with Crippen LogP contribution in [0.2, 0.25) is 0 Å². The molecule has 0 aliphatic rings. The van der Waals surface area contributed by atoms with Crippen molar-refractivity contribution >= 4 is 29.0 Å². The summed E-state index contributed by atoms with van der Waals surface area (Å²) in [4.78, 5) is 12.5. The minimum absolute atomic E-state index is 0.163. The van der Waals surface area contributed by atoms with Crippen molar-refractivity contribution in [3.05, 3.63) is 53.8 Å². The number of rotatable bonds is 4. The van der Waals surface area contributed by atoms with E-state index in [9.17, 15) is 9.18 Å². The molecule has 0 spiro atoms. The van der Waals surface area contributed by atoms with Crippen LogP contribution >= 0.6 is 11.8 Å². The number of carbonyl (C=O) groups excluding carboxylic acids is 1. The van der Waals surface area contributed by atoms with E-state index in [4.69, 9.17) is 11.0 Å². The van der Waals surface area contributed by atoms with Crippen LogP contribution in [0.3, 0.4) is 0 Å². The maximum atomic E-state index is 12.9. The molecule has 0 atom stereocenters. The summed E-state index contributed by atoms with van der Waals surface area (Å²) in [5, 5.41) is 11.4. The Kier molecular flexibility index (Phi) is 4.80. The number of nitrogen functional groups attached to an aromatic ring is 1. The number of carbonyl (C=O) groups is 1. The highest BCUT2D eigenvalue weighted by molar-refractivity contribution is 8.00. The van der Waals surface area contributed by atoms with Crippen LogP contribution in [0.4, 0.5) is 15.8 Å². The van der Waals surface area contributed by atoms with Crippen molar-refractivity contribution in [2.45, 2.75) is 4.90 Å². The van der Waals surface area contributed by atoms with Crippen LogP contribution < -0.4 is 11.1 Å². The van der Waals surface area contributed by atoms with E-state index in [-0.39, 0.29) is 11.7 Å². The molecule has 0 aliphatic heterocycles. The van der Waals surface area contributed by atoms with Crippen molar-refractivity contribution in [2.75, 3.05) is 16.8 Å². The first kappa shape index (κ1) is 14.9. The zero-order valence-corrected chi connectivity index (χ0v) is 11.8. The fourth-order valence-corrected chi connectivity index (χ4v) is 2.37. The zero-order valence-electron chi connectivity index (χ0n) is 11.0. The Morgan fingerprint density at radius 2 is 2.00 bits per heavy atom. The van der Waals surface area contributed by atoms with Gasteiger partial charge in [-0.3, -0.25) is 4.79 Å². The van der Waals surface area contributed by atoms with Gasteiger partial charge in [-0.25, -0.2) is 4.39 Å². The number of thioether (sulfide) groups is 1. The molecular formula is C15H12FN3OS. The summed E-state index contributed by atoms with van der Waals surface area (Å²) in [6.07, 6.45) is 0. The minimum atomic E-state index is -0.404. The van der Waals surface area contributed by atoms with Gasteiger partial charge in [0, 0.05) is 16.3 Å². The Morgan fingerprint density at radius 3 is 2.62 bits per heavy atom. The molecule has 6 heteroatoms. The monoisotopic (exact) mass is 301 g/mol. The van der Waals surface area contributed by atoms with Gasteiger partial charge in [-0.15, -0.1) is 11.8 Å². The summed E-state index contributed by atoms with van der Waals surface area (Å²) in [6, 6.07) is 12.6. The maximum Gasteiger partial charge on any atom is 0.234 e. The molecule has 2 aromatic carbocycles. The van der Waals surface area contributed by atoms with Gasteiger partial charge in [-0.05, 0) is 42.5 Å². The van der Waals surface area contributed by atoms with Gasteiger partial charge in [0.1, 0.15) is 5.82 Å². The third-order valence-electron chi connectivity index (χ3n) is 2.63. The van der Waals surface area contributed by atoms with Gasteiger partial charge < -0.3 is 11.1 Å². The second-order valence-corrected chi connectivity index (χ2v) is 5.23. The van der Waals surface area contributed by atoms with E-state index < -0.39 is 5.82 Å². The van der Waals surface area contributed by atoms with Crippen LogP contribution in [0.1, 0.15) is 5.56 Å². The fourth-order valence-electron chi connectivity index (χ4n) is 1.62. The van der Waals surface area contributed by atoms with Gasteiger partial charge in [-0.1, -0.05) is 0 Å². The lowest BCUT2D eigenvalue weighted by atomic mass is 10.2. The summed E-state index contributed by atoms with van der Waals surface area (Å²) in [7, 11) is 0. The van der Waals surface area contributed by atoms with Crippen LogP contribution in [0.15, 0.2) is 47.4 Å². The largest absolute Gasteiger partial charge is 0.398 e. The molecule has 1 amide bonds. The molecule has 21 heavy (non-hydrogen) atoms. The van der Waals surface area contributed by atoms with E-state index in [0.717, 1.165) is 0 Å². The molecule has 4 nitrogen and oxygen atoms in total. The molecule has 2 rings (SSSR count). The van der Waals surface area contributed by atoms with Crippen LogP contribution in [0, 0.1) is 17.1 Å². The quantitative estimate of drug-likeness (QED) is 0.672. The molecule has 3 N–H and O–H groups in total. The first-order valence-corrected chi connectivity index (χ1v) is 7.05. The molecule has 2 aromatic rings. The molecule has 0 radical (unpaired) electrons. The van der Waals surface area contributed by atoms with E-state index in [1.165, 1.54) is 23.9 Å². The van der Waals surface area contributed by atoms with Crippen molar-refractivity contribution in [3.8, 4) is 6.07 Å². The fraction of sp³-hybridized carbons (Fsp3) is 0.0667. The Balaban J connectivity index is 1.91. The number of benzene rings is 2. The Bertz CT molecular complexity index is 695. The highest BCUT2D eigenvalue weighted by atomic mass is 32.2. The molecule has 0 fully saturated rings. The van der Waals surface area contributed by atoms with Gasteiger partial charge in [0.15, 0.2) is 0 Å². The maximum absolute atomic E-state index is 12.9. The second kappa shape index (κ2) is 6.77. The number of anilines is 2. The molecule has 106 valence electrons. The normalized spacial score (nSPS) is 9.90. The third-order valence-corrected chi connectivity index (χ3v) is 3.72. The summed E-state index contributed by atoms with van der Waals surface area (Å²) in [5.41, 5.74) is 7.13. The van der Waals surface area contributed by atoms with Crippen LogP contribution in [0.25, 0.3) is 0 Å². The molecule has 0 saturated heterocycles. The topological polar surface area (TPSA) is 78.9 Å². The van der Waals surface area contributed by atoms with Gasteiger partial charge in [-0.2, -0.15) is 5.26 Å². The van der Waals surface area contributed by atoms with E-state index in [1.54, 1.807) is 30.3 Å². The SMILES string of the molecule is N#Cc1ccc(NC(=O)CSc2ccc(F)cc2N)cc1. The van der Waals surface area contributed by atoms with Crippen molar-refractivity contribution in [1.29, 1.82) is 5.26 Å². The number of nitrogens with one attached hydrogen (secondary N) is 1. The van der Waals surface area contributed by atoms with E-state index in [0.29, 0.717) is 21.8 Å². The van der Waals surface area contributed by atoms with Crippen LogP contribution in [0.5, 0.6) is 0 Å². The molecule has 0 bridgehead atoms. The lowest BCUT2D eigenvalue weighted by molar-refractivity contribution is -0.113. The number of halogens is 1. The summed E-state index contributed by atoms with van der Waals surface area (Å²) < 4.78 is 12.9. The predicted octanol–water partition coefficient (Wildman–Crippen LogP) is 3.01. The highest BCUT2D eigenvalue weighted by Crippen LogP contribution is 2.25. The molecule has 0 aliphatic carbocycles. The number of nitriles is 1. The number of amides is 1. The van der Waals surface area contributed by atoms with Gasteiger partial charge in [0.2, 0.25) is 5.91 Å². The lowest BCUT2D eigenvalue weighted by Gasteiger charge is -2.07. The van der Waals surface area contributed by atoms with Crippen molar-refractivity contribution < 1.29 is 9.18 Å². The van der Waals surface area contributed by atoms with E-state index in [1.807, 2.05) is 6.07 Å². The molecule has 0 aromatic heterocycles. The van der Waals surface area contributed by atoms with Crippen molar-refractivity contribution in [3.63, 3.8) is 0 Å². The average molecular weight is 301 g/mol.